The van der Waals surface area contributed by atoms with E-state index in [1.54, 1.807) is 0 Å². The van der Waals surface area contributed by atoms with Crippen molar-refractivity contribution in [1.82, 2.24) is 5.32 Å². The highest BCUT2D eigenvalue weighted by molar-refractivity contribution is 6.18. The fourth-order valence-corrected chi connectivity index (χ4v) is 1.45. The van der Waals surface area contributed by atoms with E-state index in [0.29, 0.717) is 11.9 Å². The van der Waals surface area contributed by atoms with Gasteiger partial charge in [-0.15, -0.1) is 24.0 Å². The minimum Gasteiger partial charge on any atom is -0.313 e. The van der Waals surface area contributed by atoms with Crippen LogP contribution in [0.25, 0.3) is 0 Å². The van der Waals surface area contributed by atoms with Gasteiger partial charge in [0.1, 0.15) is 0 Å². The molecule has 1 N–H and O–H groups in total. The number of halogens is 2. The van der Waals surface area contributed by atoms with Crippen LogP contribution in [-0.4, -0.2) is 18.5 Å². The molecule has 0 aliphatic rings. The van der Waals surface area contributed by atoms with Gasteiger partial charge in [-0.3, -0.25) is 0 Å². The summed E-state index contributed by atoms with van der Waals surface area (Å²) in [6, 6.07) is 11.0. The molecule has 0 radical (unpaired) electrons. The van der Waals surface area contributed by atoms with E-state index >= 15 is 0 Å². The molecule has 1 aromatic rings. The van der Waals surface area contributed by atoms with Crippen LogP contribution in [0, 0.1) is 0 Å². The lowest BCUT2D eigenvalue weighted by molar-refractivity contribution is 0.567. The second-order valence-electron chi connectivity index (χ2n) is 3.23. The maximum absolute atomic E-state index is 5.59. The molecule has 0 aliphatic heterocycles. The van der Waals surface area contributed by atoms with Crippen LogP contribution in [0.1, 0.15) is 12.5 Å². The largest absolute Gasteiger partial charge is 0.313 e. The summed E-state index contributed by atoms with van der Waals surface area (Å²) >= 11 is 5.59. The third kappa shape index (κ3) is 5.48. The van der Waals surface area contributed by atoms with Crippen molar-refractivity contribution in [3.63, 3.8) is 0 Å². The van der Waals surface area contributed by atoms with Gasteiger partial charge in [0.05, 0.1) is 0 Å². The first kappa shape index (κ1) is 13.8. The number of hydrogen-bond donors (Lipinski definition) is 1. The lowest BCUT2D eigenvalue weighted by Crippen LogP contribution is -2.29. The van der Waals surface area contributed by atoms with Crippen molar-refractivity contribution in [2.24, 2.45) is 0 Å². The van der Waals surface area contributed by atoms with E-state index in [1.165, 1.54) is 5.56 Å². The summed E-state index contributed by atoms with van der Waals surface area (Å²) < 4.78 is 0. The standard InChI is InChI=1S/C11H16ClN.ClH/c1-10(13-8-7-12)9-11-5-3-2-4-6-11;/h2-6,10,13H,7-9H2,1H3;1H. The van der Waals surface area contributed by atoms with Crippen LogP contribution in [0.15, 0.2) is 30.3 Å². The lowest BCUT2D eigenvalue weighted by atomic mass is 10.1. The van der Waals surface area contributed by atoms with Crippen molar-refractivity contribution >= 4 is 24.0 Å². The number of benzene rings is 1. The molecular weight excluding hydrogens is 217 g/mol. The van der Waals surface area contributed by atoms with Crippen molar-refractivity contribution in [2.75, 3.05) is 12.4 Å². The van der Waals surface area contributed by atoms with E-state index in [2.05, 4.69) is 36.5 Å². The Labute approximate surface area is 97.3 Å². The Morgan fingerprint density at radius 3 is 2.50 bits per heavy atom. The van der Waals surface area contributed by atoms with Crippen LogP contribution in [0.5, 0.6) is 0 Å². The van der Waals surface area contributed by atoms with Crippen LogP contribution in [-0.2, 0) is 6.42 Å². The Hall–Kier alpha value is -0.240. The average molecular weight is 234 g/mol. The predicted octanol–water partition coefficient (Wildman–Crippen LogP) is 2.87. The molecule has 1 nitrogen and oxygen atoms in total. The zero-order valence-electron chi connectivity index (χ0n) is 8.37. The Balaban J connectivity index is 0.00000169. The Kier molecular flexibility index (Phi) is 7.96. The molecule has 1 unspecified atom stereocenters. The van der Waals surface area contributed by atoms with Gasteiger partial charge in [0, 0.05) is 18.5 Å². The highest BCUT2D eigenvalue weighted by Gasteiger charge is 2.00. The summed E-state index contributed by atoms with van der Waals surface area (Å²) in [4.78, 5) is 0. The second-order valence-corrected chi connectivity index (χ2v) is 3.61. The van der Waals surface area contributed by atoms with Crippen LogP contribution in [0.4, 0.5) is 0 Å². The molecule has 80 valence electrons. The van der Waals surface area contributed by atoms with Gasteiger partial charge >= 0.3 is 0 Å². The third-order valence-corrected chi connectivity index (χ3v) is 2.16. The van der Waals surface area contributed by atoms with Crippen LogP contribution >= 0.6 is 24.0 Å². The fourth-order valence-electron chi connectivity index (χ4n) is 1.34. The molecule has 0 aromatic heterocycles. The molecule has 0 amide bonds. The Morgan fingerprint density at radius 1 is 1.29 bits per heavy atom. The van der Waals surface area contributed by atoms with Crippen LogP contribution < -0.4 is 5.32 Å². The van der Waals surface area contributed by atoms with Gasteiger partial charge in [-0.2, -0.15) is 0 Å². The van der Waals surface area contributed by atoms with Gasteiger partial charge in [-0.1, -0.05) is 30.3 Å². The molecule has 0 bridgehead atoms. The van der Waals surface area contributed by atoms with Gasteiger partial charge in [0.2, 0.25) is 0 Å². The van der Waals surface area contributed by atoms with Crippen molar-refractivity contribution in [2.45, 2.75) is 19.4 Å². The normalized spacial score (nSPS) is 11.9. The molecule has 1 aromatic carbocycles. The number of rotatable bonds is 5. The Bertz CT molecular complexity index is 226. The SMILES string of the molecule is CC(Cc1ccccc1)NCCCl.Cl. The summed E-state index contributed by atoms with van der Waals surface area (Å²) in [5.41, 5.74) is 1.37. The smallest absolute Gasteiger partial charge is 0.0348 e. The van der Waals surface area contributed by atoms with Gasteiger partial charge in [-0.25, -0.2) is 0 Å². The number of nitrogens with one attached hydrogen (secondary N) is 1. The molecule has 0 heterocycles. The van der Waals surface area contributed by atoms with Crippen LogP contribution in [0.3, 0.4) is 0 Å². The molecule has 0 spiro atoms. The number of alkyl halides is 1. The van der Waals surface area contributed by atoms with Crippen molar-refractivity contribution in [3.8, 4) is 0 Å². The third-order valence-electron chi connectivity index (χ3n) is 1.97. The van der Waals surface area contributed by atoms with Gasteiger partial charge in [0.15, 0.2) is 0 Å². The zero-order chi connectivity index (χ0) is 9.52. The van der Waals surface area contributed by atoms with E-state index < -0.39 is 0 Å². The minimum absolute atomic E-state index is 0. The summed E-state index contributed by atoms with van der Waals surface area (Å²) in [6.07, 6.45) is 1.07. The van der Waals surface area contributed by atoms with Crippen molar-refractivity contribution in [3.05, 3.63) is 35.9 Å². The van der Waals surface area contributed by atoms with E-state index in [1.807, 2.05) is 6.07 Å². The molecule has 3 heteroatoms. The zero-order valence-corrected chi connectivity index (χ0v) is 9.94. The monoisotopic (exact) mass is 233 g/mol. The predicted molar refractivity (Wildman–Crippen MR) is 65.6 cm³/mol. The van der Waals surface area contributed by atoms with E-state index in [-0.39, 0.29) is 12.4 Å². The maximum Gasteiger partial charge on any atom is 0.0348 e. The maximum atomic E-state index is 5.59. The van der Waals surface area contributed by atoms with E-state index in [0.717, 1.165) is 13.0 Å². The second kappa shape index (κ2) is 8.10. The van der Waals surface area contributed by atoms with Gasteiger partial charge in [-0.05, 0) is 18.9 Å². The molecule has 14 heavy (non-hydrogen) atoms. The van der Waals surface area contributed by atoms with Gasteiger partial charge in [0.25, 0.3) is 0 Å². The Morgan fingerprint density at radius 2 is 1.93 bits per heavy atom. The van der Waals surface area contributed by atoms with Crippen molar-refractivity contribution in [1.29, 1.82) is 0 Å². The molecule has 0 saturated heterocycles. The summed E-state index contributed by atoms with van der Waals surface area (Å²) in [5.74, 6) is 0.680. The molecule has 0 fully saturated rings. The first-order chi connectivity index (χ1) is 6.33. The quantitative estimate of drug-likeness (QED) is 0.772. The molecule has 1 atom stereocenters. The first-order valence-electron chi connectivity index (χ1n) is 4.66. The van der Waals surface area contributed by atoms with E-state index in [4.69, 9.17) is 11.6 Å². The minimum atomic E-state index is 0. The summed E-state index contributed by atoms with van der Waals surface area (Å²) in [6.45, 7) is 3.06. The summed E-state index contributed by atoms with van der Waals surface area (Å²) in [7, 11) is 0. The van der Waals surface area contributed by atoms with Crippen LogP contribution in [0.2, 0.25) is 0 Å². The molecule has 0 saturated carbocycles. The highest BCUT2D eigenvalue weighted by atomic mass is 35.5. The van der Waals surface area contributed by atoms with E-state index in [9.17, 15) is 0 Å². The molecule has 0 aliphatic carbocycles. The first-order valence-corrected chi connectivity index (χ1v) is 5.19. The van der Waals surface area contributed by atoms with Gasteiger partial charge < -0.3 is 5.32 Å². The van der Waals surface area contributed by atoms with Crippen molar-refractivity contribution < 1.29 is 0 Å². The number of hydrogen-bond acceptors (Lipinski definition) is 1. The molecule has 1 rings (SSSR count). The average Bonchev–Trinajstić information content (AvgIpc) is 2.16. The summed E-state index contributed by atoms with van der Waals surface area (Å²) in [5, 5.41) is 3.35. The fraction of sp³-hybridized carbons (Fsp3) is 0.455. The lowest BCUT2D eigenvalue weighted by Gasteiger charge is -2.12. The molecular formula is C11H17Cl2N. The highest BCUT2D eigenvalue weighted by Crippen LogP contribution is 2.02. The topological polar surface area (TPSA) is 12.0 Å².